The number of hydrogen-bond acceptors (Lipinski definition) is 3. The van der Waals surface area contributed by atoms with Crippen LogP contribution in [0.25, 0.3) is 0 Å². The molecule has 0 amide bonds. The van der Waals surface area contributed by atoms with Crippen LogP contribution in [0.5, 0.6) is 0 Å². The van der Waals surface area contributed by atoms with Gasteiger partial charge in [0.25, 0.3) is 0 Å². The third kappa shape index (κ3) is 2.44. The van der Waals surface area contributed by atoms with E-state index >= 15 is 0 Å². The lowest BCUT2D eigenvalue weighted by atomic mass is 10.2. The number of halogens is 1. The minimum Gasteiger partial charge on any atom is -0.397 e. The Morgan fingerprint density at radius 1 is 1.25 bits per heavy atom. The Morgan fingerprint density at radius 3 is 2.81 bits per heavy atom. The highest BCUT2D eigenvalue weighted by atomic mass is 35.5. The maximum absolute atomic E-state index is 6.02. The summed E-state index contributed by atoms with van der Waals surface area (Å²) in [5, 5.41) is 3.93. The number of nitrogen functional groups attached to an aromatic ring is 1. The van der Waals surface area contributed by atoms with Gasteiger partial charge < -0.3 is 11.1 Å². The van der Waals surface area contributed by atoms with Gasteiger partial charge in [-0.15, -0.1) is 0 Å². The Hall–Kier alpha value is -1.74. The molecule has 3 nitrogen and oxygen atoms in total. The van der Waals surface area contributed by atoms with E-state index in [-0.39, 0.29) is 0 Å². The molecule has 0 bridgehead atoms. The SMILES string of the molecule is Nc1cnccc1CNc1ccccc1Cl. The topological polar surface area (TPSA) is 50.9 Å². The van der Waals surface area contributed by atoms with Gasteiger partial charge in [0, 0.05) is 12.7 Å². The van der Waals surface area contributed by atoms with Crippen molar-refractivity contribution >= 4 is 23.0 Å². The molecule has 0 spiro atoms. The van der Waals surface area contributed by atoms with Crippen molar-refractivity contribution in [3.05, 3.63) is 53.3 Å². The van der Waals surface area contributed by atoms with Crippen molar-refractivity contribution < 1.29 is 0 Å². The van der Waals surface area contributed by atoms with Gasteiger partial charge in [0.1, 0.15) is 0 Å². The average molecular weight is 234 g/mol. The number of nitrogens with one attached hydrogen (secondary N) is 1. The van der Waals surface area contributed by atoms with Crippen molar-refractivity contribution in [2.24, 2.45) is 0 Å². The molecule has 0 saturated carbocycles. The Bertz CT molecular complexity index is 440. The van der Waals surface area contributed by atoms with E-state index in [0.29, 0.717) is 17.3 Å². The fraction of sp³-hybridized carbons (Fsp3) is 0.0833. The highest BCUT2D eigenvalue weighted by Crippen LogP contribution is 2.21. The number of nitrogens with zero attached hydrogens (tertiary/aromatic N) is 1. The zero-order valence-corrected chi connectivity index (χ0v) is 9.41. The second kappa shape index (κ2) is 4.86. The number of anilines is 2. The van der Waals surface area contributed by atoms with Crippen LogP contribution in [0.1, 0.15) is 5.56 Å². The van der Waals surface area contributed by atoms with Crippen molar-refractivity contribution in [3.8, 4) is 0 Å². The molecule has 16 heavy (non-hydrogen) atoms. The molecule has 0 atom stereocenters. The lowest BCUT2D eigenvalue weighted by Gasteiger charge is -2.09. The third-order valence-electron chi connectivity index (χ3n) is 2.29. The Morgan fingerprint density at radius 2 is 2.06 bits per heavy atom. The molecule has 2 aromatic rings. The van der Waals surface area contributed by atoms with Crippen molar-refractivity contribution in [3.63, 3.8) is 0 Å². The summed E-state index contributed by atoms with van der Waals surface area (Å²) in [5.41, 5.74) is 8.38. The molecule has 0 aliphatic carbocycles. The molecule has 3 N–H and O–H groups in total. The van der Waals surface area contributed by atoms with Gasteiger partial charge in [-0.1, -0.05) is 23.7 Å². The van der Waals surface area contributed by atoms with Gasteiger partial charge in [-0.3, -0.25) is 4.98 Å². The van der Waals surface area contributed by atoms with Crippen LogP contribution in [0, 0.1) is 0 Å². The van der Waals surface area contributed by atoms with E-state index in [9.17, 15) is 0 Å². The van der Waals surface area contributed by atoms with Gasteiger partial charge >= 0.3 is 0 Å². The second-order valence-electron chi connectivity index (χ2n) is 3.41. The summed E-state index contributed by atoms with van der Waals surface area (Å²) in [6.07, 6.45) is 3.36. The number of rotatable bonds is 3. The summed E-state index contributed by atoms with van der Waals surface area (Å²) in [4.78, 5) is 3.94. The summed E-state index contributed by atoms with van der Waals surface area (Å²) in [7, 11) is 0. The largest absolute Gasteiger partial charge is 0.397 e. The summed E-state index contributed by atoms with van der Waals surface area (Å²) >= 11 is 6.02. The summed E-state index contributed by atoms with van der Waals surface area (Å²) in [6.45, 7) is 0.637. The van der Waals surface area contributed by atoms with Crippen molar-refractivity contribution in [1.29, 1.82) is 0 Å². The predicted molar refractivity (Wildman–Crippen MR) is 67.4 cm³/mol. The van der Waals surface area contributed by atoms with E-state index in [1.54, 1.807) is 12.4 Å². The van der Waals surface area contributed by atoms with Crippen LogP contribution in [0.15, 0.2) is 42.7 Å². The number of aromatic nitrogens is 1. The van der Waals surface area contributed by atoms with Gasteiger partial charge in [0.15, 0.2) is 0 Å². The number of benzene rings is 1. The van der Waals surface area contributed by atoms with Crippen molar-refractivity contribution in [2.45, 2.75) is 6.54 Å². The smallest absolute Gasteiger partial charge is 0.0637 e. The Labute approximate surface area is 99.3 Å². The van der Waals surface area contributed by atoms with E-state index in [4.69, 9.17) is 17.3 Å². The highest BCUT2D eigenvalue weighted by molar-refractivity contribution is 6.33. The van der Waals surface area contributed by atoms with E-state index in [1.807, 2.05) is 30.3 Å². The first kappa shape index (κ1) is 10.8. The van der Waals surface area contributed by atoms with Crippen LogP contribution in [-0.4, -0.2) is 4.98 Å². The average Bonchev–Trinajstić information content (AvgIpc) is 2.30. The first-order chi connectivity index (χ1) is 7.77. The minimum atomic E-state index is 0.637. The van der Waals surface area contributed by atoms with Crippen molar-refractivity contribution in [2.75, 3.05) is 11.1 Å². The molecule has 1 heterocycles. The van der Waals surface area contributed by atoms with E-state index in [0.717, 1.165) is 11.3 Å². The molecule has 82 valence electrons. The highest BCUT2D eigenvalue weighted by Gasteiger charge is 2.00. The van der Waals surface area contributed by atoms with E-state index in [1.165, 1.54) is 0 Å². The van der Waals surface area contributed by atoms with Crippen LogP contribution in [0.2, 0.25) is 5.02 Å². The molecule has 1 aromatic carbocycles. The minimum absolute atomic E-state index is 0.637. The monoisotopic (exact) mass is 233 g/mol. The van der Waals surface area contributed by atoms with Gasteiger partial charge in [0.05, 0.1) is 22.6 Å². The first-order valence-electron chi connectivity index (χ1n) is 4.94. The molecule has 0 aliphatic heterocycles. The molecular formula is C12H12ClN3. The zero-order chi connectivity index (χ0) is 11.4. The van der Waals surface area contributed by atoms with Crippen LogP contribution >= 0.6 is 11.6 Å². The Kier molecular flexibility index (Phi) is 3.27. The lowest BCUT2D eigenvalue weighted by molar-refractivity contribution is 1.13. The quantitative estimate of drug-likeness (QED) is 0.857. The fourth-order valence-corrected chi connectivity index (χ4v) is 1.59. The number of hydrogen-bond donors (Lipinski definition) is 2. The summed E-state index contributed by atoms with van der Waals surface area (Å²) < 4.78 is 0. The third-order valence-corrected chi connectivity index (χ3v) is 2.62. The molecule has 4 heteroatoms. The summed E-state index contributed by atoms with van der Waals surface area (Å²) in [5.74, 6) is 0. The molecule has 0 radical (unpaired) electrons. The van der Waals surface area contributed by atoms with Crippen LogP contribution in [0.4, 0.5) is 11.4 Å². The van der Waals surface area contributed by atoms with Crippen LogP contribution in [0.3, 0.4) is 0 Å². The number of nitrogens with two attached hydrogens (primary N) is 1. The maximum atomic E-state index is 6.02. The molecule has 0 unspecified atom stereocenters. The van der Waals surface area contributed by atoms with Crippen LogP contribution in [-0.2, 0) is 6.54 Å². The molecule has 0 aliphatic rings. The second-order valence-corrected chi connectivity index (χ2v) is 3.82. The Balaban J connectivity index is 2.09. The standard InChI is InChI=1S/C12H12ClN3/c13-10-3-1-2-4-12(10)16-7-9-5-6-15-8-11(9)14/h1-6,8,16H,7,14H2. The molecule has 0 saturated heterocycles. The molecule has 2 rings (SSSR count). The predicted octanol–water partition coefficient (Wildman–Crippen LogP) is 2.93. The number of pyridine rings is 1. The van der Waals surface area contributed by atoms with E-state index < -0.39 is 0 Å². The molecule has 1 aromatic heterocycles. The molecular weight excluding hydrogens is 222 g/mol. The number of para-hydroxylation sites is 1. The van der Waals surface area contributed by atoms with E-state index in [2.05, 4.69) is 10.3 Å². The van der Waals surface area contributed by atoms with Gasteiger partial charge in [-0.2, -0.15) is 0 Å². The van der Waals surface area contributed by atoms with Gasteiger partial charge in [0.2, 0.25) is 0 Å². The summed E-state index contributed by atoms with van der Waals surface area (Å²) in [6, 6.07) is 9.50. The molecule has 0 fully saturated rings. The van der Waals surface area contributed by atoms with Gasteiger partial charge in [-0.05, 0) is 23.8 Å². The van der Waals surface area contributed by atoms with Crippen molar-refractivity contribution in [1.82, 2.24) is 4.98 Å². The van der Waals surface area contributed by atoms with Crippen LogP contribution < -0.4 is 11.1 Å². The first-order valence-corrected chi connectivity index (χ1v) is 5.32. The van der Waals surface area contributed by atoms with Gasteiger partial charge in [-0.25, -0.2) is 0 Å². The lowest BCUT2D eigenvalue weighted by Crippen LogP contribution is -2.03. The normalized spacial score (nSPS) is 10.1. The maximum Gasteiger partial charge on any atom is 0.0637 e. The fourth-order valence-electron chi connectivity index (χ4n) is 1.39. The zero-order valence-electron chi connectivity index (χ0n) is 8.65.